The van der Waals surface area contributed by atoms with E-state index in [0.29, 0.717) is 11.1 Å². The normalized spacial score (nSPS) is 13.9. The van der Waals surface area contributed by atoms with E-state index >= 15 is 0 Å². The highest BCUT2D eigenvalue weighted by Gasteiger charge is 2.31. The third-order valence-corrected chi connectivity index (χ3v) is 5.60. The summed E-state index contributed by atoms with van der Waals surface area (Å²) < 4.78 is 13.2. The van der Waals surface area contributed by atoms with Crippen LogP contribution in [0.4, 0.5) is 4.39 Å². The van der Waals surface area contributed by atoms with Crippen LogP contribution < -0.4 is 5.32 Å². The first-order chi connectivity index (χ1) is 13.7. The monoisotopic (exact) mass is 419 g/mol. The summed E-state index contributed by atoms with van der Waals surface area (Å²) in [5.41, 5.74) is 1.28. The largest absolute Gasteiger partial charge is 0.508 e. The minimum Gasteiger partial charge on any atom is -0.508 e. The molecule has 0 spiro atoms. The summed E-state index contributed by atoms with van der Waals surface area (Å²) in [6.07, 6.45) is 0.0176. The molecular weight excluding hydrogens is 397 g/mol. The molecule has 0 aliphatic carbocycles. The second-order valence-corrected chi connectivity index (χ2v) is 7.96. The molecule has 0 radical (unpaired) electrons. The van der Waals surface area contributed by atoms with E-state index in [0.717, 1.165) is 11.8 Å². The maximum atomic E-state index is 13.2. The molecule has 2 rings (SSSR count). The Bertz CT molecular complexity index is 870. The molecule has 0 fully saturated rings. The zero-order valence-corrected chi connectivity index (χ0v) is 16.8. The molecule has 154 valence electrons. The fourth-order valence-corrected chi connectivity index (χ4v) is 3.72. The number of carbonyl (C=O) groups is 3. The van der Waals surface area contributed by atoms with Crippen LogP contribution in [0, 0.1) is 5.82 Å². The molecule has 0 saturated carbocycles. The van der Waals surface area contributed by atoms with Crippen molar-refractivity contribution < 1.29 is 29.0 Å². The van der Waals surface area contributed by atoms with Crippen molar-refractivity contribution in [2.75, 3.05) is 0 Å². The molecule has 0 saturated heterocycles. The van der Waals surface area contributed by atoms with Crippen LogP contribution in [0.2, 0.25) is 0 Å². The number of hydrogen-bond donors (Lipinski definition) is 3. The first-order valence-corrected chi connectivity index (χ1v) is 9.79. The second-order valence-electron chi connectivity index (χ2n) is 6.64. The number of amides is 1. The summed E-state index contributed by atoms with van der Waals surface area (Å²) in [4.78, 5) is 36.2. The molecule has 0 aromatic heterocycles. The maximum absolute atomic E-state index is 13.2. The van der Waals surface area contributed by atoms with Crippen LogP contribution >= 0.6 is 11.8 Å². The Morgan fingerprint density at radius 3 is 2.17 bits per heavy atom. The number of aliphatic carboxylic acids is 1. The summed E-state index contributed by atoms with van der Waals surface area (Å²) >= 11 is 0.806. The van der Waals surface area contributed by atoms with Crippen molar-refractivity contribution in [3.8, 4) is 5.75 Å². The van der Waals surface area contributed by atoms with Gasteiger partial charge in [0.05, 0.1) is 5.25 Å². The van der Waals surface area contributed by atoms with Gasteiger partial charge in [-0.05, 0) is 35.4 Å². The average molecular weight is 419 g/mol. The van der Waals surface area contributed by atoms with Gasteiger partial charge in [-0.2, -0.15) is 0 Å². The van der Waals surface area contributed by atoms with Gasteiger partial charge in [0.25, 0.3) is 0 Å². The van der Waals surface area contributed by atoms with E-state index in [1.54, 1.807) is 19.1 Å². The van der Waals surface area contributed by atoms with Gasteiger partial charge in [-0.1, -0.05) is 43.0 Å². The van der Waals surface area contributed by atoms with Crippen LogP contribution in [0.25, 0.3) is 0 Å². The number of hydrogen-bond acceptors (Lipinski definition) is 5. The average Bonchev–Trinajstić information content (AvgIpc) is 2.67. The third-order valence-electron chi connectivity index (χ3n) is 4.39. The summed E-state index contributed by atoms with van der Waals surface area (Å²) in [6.45, 7) is 3.05. The van der Waals surface area contributed by atoms with Crippen LogP contribution in [0.3, 0.4) is 0 Å². The number of nitrogens with one attached hydrogen (secondary N) is 1. The van der Waals surface area contributed by atoms with E-state index in [1.165, 1.54) is 43.3 Å². The molecule has 8 heteroatoms. The van der Waals surface area contributed by atoms with Crippen molar-refractivity contribution in [3.05, 3.63) is 65.5 Å². The highest BCUT2D eigenvalue weighted by molar-refractivity contribution is 8.14. The molecule has 1 amide bonds. The molecular formula is C21H22FNO5S. The predicted molar refractivity (Wildman–Crippen MR) is 108 cm³/mol. The minimum absolute atomic E-state index is 0.0176. The number of thioether (sulfide) groups is 1. The van der Waals surface area contributed by atoms with Gasteiger partial charge < -0.3 is 15.5 Å². The van der Waals surface area contributed by atoms with Gasteiger partial charge in [-0.25, -0.2) is 9.18 Å². The number of benzene rings is 2. The highest BCUT2D eigenvalue weighted by atomic mass is 32.2. The molecule has 0 bridgehead atoms. The van der Waals surface area contributed by atoms with Crippen LogP contribution in [0.1, 0.15) is 30.9 Å². The lowest BCUT2D eigenvalue weighted by atomic mass is 9.96. The minimum atomic E-state index is -1.22. The van der Waals surface area contributed by atoms with E-state index in [-0.39, 0.29) is 17.3 Å². The lowest BCUT2D eigenvalue weighted by Gasteiger charge is -2.24. The number of halogens is 1. The zero-order chi connectivity index (χ0) is 21.6. The van der Waals surface area contributed by atoms with E-state index in [9.17, 15) is 29.0 Å². The third kappa shape index (κ3) is 6.60. The van der Waals surface area contributed by atoms with Crippen LogP contribution in [0.15, 0.2) is 48.5 Å². The number of aromatic hydroxyl groups is 1. The van der Waals surface area contributed by atoms with Crippen LogP contribution in [0.5, 0.6) is 5.75 Å². The fraction of sp³-hybridized carbons (Fsp3) is 0.286. The van der Waals surface area contributed by atoms with Gasteiger partial charge in [0, 0.05) is 19.3 Å². The lowest BCUT2D eigenvalue weighted by Crippen LogP contribution is -2.47. The number of carboxylic acid groups (broad SMARTS) is 1. The molecule has 0 aliphatic rings. The molecule has 0 aliphatic heterocycles. The van der Waals surface area contributed by atoms with Gasteiger partial charge in [0.1, 0.15) is 17.6 Å². The van der Waals surface area contributed by atoms with E-state index in [1.807, 2.05) is 0 Å². The van der Waals surface area contributed by atoms with Gasteiger partial charge in [0.2, 0.25) is 5.91 Å². The van der Waals surface area contributed by atoms with Gasteiger partial charge >= 0.3 is 5.97 Å². The molecule has 2 aromatic carbocycles. The second kappa shape index (κ2) is 10.1. The van der Waals surface area contributed by atoms with Crippen molar-refractivity contribution in [2.45, 2.75) is 37.5 Å². The van der Waals surface area contributed by atoms with Gasteiger partial charge in [0.15, 0.2) is 5.12 Å². The quantitative estimate of drug-likeness (QED) is 0.608. The van der Waals surface area contributed by atoms with Crippen molar-refractivity contribution in [1.29, 1.82) is 0 Å². The Morgan fingerprint density at radius 1 is 1.07 bits per heavy atom. The number of phenols is 1. The van der Waals surface area contributed by atoms with Crippen LogP contribution in [-0.4, -0.2) is 38.5 Å². The molecule has 2 unspecified atom stereocenters. The topological polar surface area (TPSA) is 104 Å². The Kier molecular flexibility index (Phi) is 7.78. The number of phenolic OH excluding ortho intramolecular Hbond substituents is 1. The Morgan fingerprint density at radius 2 is 1.66 bits per heavy atom. The first-order valence-electron chi connectivity index (χ1n) is 8.91. The SMILES string of the molecule is CC(=O)SC(C(=O)N[C@@H](Cc1ccc(O)cc1)C(=O)O)C(C)c1ccc(F)cc1. The number of carbonyl (C=O) groups excluding carboxylic acids is 2. The highest BCUT2D eigenvalue weighted by Crippen LogP contribution is 2.29. The summed E-state index contributed by atoms with van der Waals surface area (Å²) in [5.74, 6) is -2.62. The Hall–Kier alpha value is -2.87. The first kappa shape index (κ1) is 22.4. The van der Waals surface area contributed by atoms with E-state index in [4.69, 9.17) is 0 Å². The fourth-order valence-electron chi connectivity index (χ4n) is 2.82. The molecule has 3 N–H and O–H groups in total. The standard InChI is InChI=1S/C21H22FNO5S/c1-12(15-5-7-16(22)8-6-15)19(29-13(2)24)20(26)23-18(21(27)28)11-14-3-9-17(25)10-4-14/h3-10,12,18-19,25H,11H2,1-2H3,(H,23,26)(H,27,28)/t12?,18-,19?/m0/s1. The van der Waals surface area contributed by atoms with E-state index < -0.39 is 34.9 Å². The van der Waals surface area contributed by atoms with Crippen molar-refractivity contribution >= 4 is 28.8 Å². The molecule has 0 heterocycles. The van der Waals surface area contributed by atoms with Gasteiger partial charge in [-0.15, -0.1) is 0 Å². The summed E-state index contributed by atoms with van der Waals surface area (Å²) in [6, 6.07) is 10.4. The molecule has 29 heavy (non-hydrogen) atoms. The Labute approximate surface area is 172 Å². The molecule has 6 nitrogen and oxygen atoms in total. The summed E-state index contributed by atoms with van der Waals surface area (Å²) in [7, 11) is 0. The van der Waals surface area contributed by atoms with Crippen molar-refractivity contribution in [1.82, 2.24) is 5.32 Å². The van der Waals surface area contributed by atoms with E-state index in [2.05, 4.69) is 5.32 Å². The van der Waals surface area contributed by atoms with Gasteiger partial charge in [-0.3, -0.25) is 9.59 Å². The summed E-state index contributed by atoms with van der Waals surface area (Å²) in [5, 5.41) is 20.2. The number of rotatable bonds is 8. The van der Waals surface area contributed by atoms with Crippen molar-refractivity contribution in [3.63, 3.8) is 0 Å². The smallest absolute Gasteiger partial charge is 0.326 e. The maximum Gasteiger partial charge on any atom is 0.326 e. The molecule has 2 aromatic rings. The van der Waals surface area contributed by atoms with Crippen molar-refractivity contribution in [2.24, 2.45) is 0 Å². The zero-order valence-electron chi connectivity index (χ0n) is 16.0. The molecule has 3 atom stereocenters. The number of carboxylic acids is 1. The lowest BCUT2D eigenvalue weighted by molar-refractivity contribution is -0.141. The predicted octanol–water partition coefficient (Wildman–Crippen LogP) is 3.10. The Balaban J connectivity index is 2.19. The van der Waals surface area contributed by atoms with Crippen LogP contribution in [-0.2, 0) is 20.8 Å².